The summed E-state index contributed by atoms with van der Waals surface area (Å²) in [6.07, 6.45) is 4.89. The molecule has 1 rings (SSSR count). The van der Waals surface area contributed by atoms with Gasteiger partial charge >= 0.3 is 0 Å². The molecule has 0 bridgehead atoms. The Morgan fingerprint density at radius 1 is 1.19 bits per heavy atom. The molecule has 1 aliphatic heterocycles. The van der Waals surface area contributed by atoms with Gasteiger partial charge in [-0.3, -0.25) is 4.79 Å². The van der Waals surface area contributed by atoms with Crippen LogP contribution in [0.25, 0.3) is 0 Å². The van der Waals surface area contributed by atoms with Crippen LogP contribution in [0.3, 0.4) is 0 Å². The van der Waals surface area contributed by atoms with Gasteiger partial charge in [-0.15, -0.1) is 0 Å². The fourth-order valence-electron chi connectivity index (χ4n) is 1.93. The number of hydrogen-bond acceptors (Lipinski definition) is 3. The lowest BCUT2D eigenvalue weighted by Gasteiger charge is -2.20. The van der Waals surface area contributed by atoms with E-state index in [1.165, 1.54) is 25.7 Å². The van der Waals surface area contributed by atoms with Gasteiger partial charge in [0.15, 0.2) is 0 Å². The Morgan fingerprint density at radius 3 is 2.38 bits per heavy atom. The molecule has 0 saturated carbocycles. The molecule has 1 heterocycles. The molecule has 1 N–H and O–H groups in total. The fraction of sp³-hybridized carbons (Fsp3) is 0.917. The third-order valence-corrected chi connectivity index (χ3v) is 2.97. The maximum Gasteiger partial charge on any atom is 0.236 e. The van der Waals surface area contributed by atoms with Gasteiger partial charge in [-0.2, -0.15) is 0 Å². The second-order valence-corrected chi connectivity index (χ2v) is 4.78. The zero-order valence-electron chi connectivity index (χ0n) is 10.7. The highest BCUT2D eigenvalue weighted by Crippen LogP contribution is 2.09. The van der Waals surface area contributed by atoms with Gasteiger partial charge < -0.3 is 15.1 Å². The van der Waals surface area contributed by atoms with Crippen molar-refractivity contribution in [2.24, 2.45) is 0 Å². The highest BCUT2D eigenvalue weighted by Gasteiger charge is 2.14. The molecule has 1 amide bonds. The number of carbonyl (C=O) groups excluding carboxylic acids is 1. The number of rotatable bonds is 5. The van der Waals surface area contributed by atoms with E-state index in [9.17, 15) is 4.79 Å². The van der Waals surface area contributed by atoms with Crippen LogP contribution >= 0.6 is 0 Å². The second-order valence-electron chi connectivity index (χ2n) is 4.78. The number of amides is 1. The minimum absolute atomic E-state index is 0.264. The van der Waals surface area contributed by atoms with Crippen LogP contribution < -0.4 is 5.32 Å². The van der Waals surface area contributed by atoms with E-state index in [4.69, 9.17) is 0 Å². The smallest absolute Gasteiger partial charge is 0.236 e. The van der Waals surface area contributed by atoms with Crippen molar-refractivity contribution in [2.75, 3.05) is 46.8 Å². The van der Waals surface area contributed by atoms with Gasteiger partial charge in [0.1, 0.15) is 0 Å². The number of nitrogens with zero attached hydrogens (tertiary/aromatic N) is 2. The number of carbonyl (C=O) groups is 1. The van der Waals surface area contributed by atoms with Crippen LogP contribution in [0, 0.1) is 0 Å². The topological polar surface area (TPSA) is 35.6 Å². The lowest BCUT2D eigenvalue weighted by Crippen LogP contribution is -2.40. The molecular formula is C12H25N3O. The van der Waals surface area contributed by atoms with Crippen molar-refractivity contribution in [3.8, 4) is 0 Å². The predicted molar refractivity (Wildman–Crippen MR) is 66.5 cm³/mol. The van der Waals surface area contributed by atoms with E-state index in [0.717, 1.165) is 26.2 Å². The van der Waals surface area contributed by atoms with Crippen molar-refractivity contribution in [1.82, 2.24) is 15.1 Å². The Morgan fingerprint density at radius 2 is 1.81 bits per heavy atom. The molecule has 94 valence electrons. The molecule has 1 saturated heterocycles. The summed E-state index contributed by atoms with van der Waals surface area (Å²) in [7, 11) is 4.08. The van der Waals surface area contributed by atoms with E-state index in [1.807, 2.05) is 19.0 Å². The molecule has 4 heteroatoms. The van der Waals surface area contributed by atoms with Crippen molar-refractivity contribution in [1.29, 1.82) is 0 Å². The summed E-state index contributed by atoms with van der Waals surface area (Å²) in [6, 6.07) is 0. The van der Waals surface area contributed by atoms with Gasteiger partial charge in [0.05, 0.1) is 6.54 Å². The van der Waals surface area contributed by atoms with Crippen LogP contribution in [-0.2, 0) is 4.79 Å². The van der Waals surface area contributed by atoms with Crippen LogP contribution in [0.15, 0.2) is 0 Å². The molecule has 0 spiro atoms. The van der Waals surface area contributed by atoms with Crippen LogP contribution in [0.5, 0.6) is 0 Å². The van der Waals surface area contributed by atoms with E-state index >= 15 is 0 Å². The largest absolute Gasteiger partial charge is 0.342 e. The normalized spacial score (nSPS) is 17.6. The molecule has 16 heavy (non-hydrogen) atoms. The Bertz CT molecular complexity index is 198. The average molecular weight is 227 g/mol. The van der Waals surface area contributed by atoms with Crippen molar-refractivity contribution in [3.63, 3.8) is 0 Å². The van der Waals surface area contributed by atoms with Crippen molar-refractivity contribution in [3.05, 3.63) is 0 Å². The Balaban J connectivity index is 2.13. The summed E-state index contributed by atoms with van der Waals surface area (Å²) in [4.78, 5) is 16.0. The lowest BCUT2D eigenvalue weighted by atomic mass is 10.2. The predicted octanol–water partition coefficient (Wildman–Crippen LogP) is 0.540. The molecule has 4 nitrogen and oxygen atoms in total. The standard InChI is InChI=1S/C12H25N3O/c1-14(2)10-7-13-11-12(16)15-8-5-3-4-6-9-15/h13H,3-11H2,1-2H3. The minimum atomic E-state index is 0.264. The summed E-state index contributed by atoms with van der Waals surface area (Å²) in [5.41, 5.74) is 0. The summed E-state index contributed by atoms with van der Waals surface area (Å²) in [5, 5.41) is 3.20. The van der Waals surface area contributed by atoms with Crippen molar-refractivity contribution in [2.45, 2.75) is 25.7 Å². The van der Waals surface area contributed by atoms with Crippen molar-refractivity contribution >= 4 is 5.91 Å². The highest BCUT2D eigenvalue weighted by molar-refractivity contribution is 5.78. The van der Waals surface area contributed by atoms with Crippen LogP contribution in [0.1, 0.15) is 25.7 Å². The van der Waals surface area contributed by atoms with E-state index in [-0.39, 0.29) is 5.91 Å². The second kappa shape index (κ2) is 7.63. The summed E-state index contributed by atoms with van der Waals surface area (Å²) >= 11 is 0. The first-order valence-electron chi connectivity index (χ1n) is 6.33. The number of likely N-dealkylation sites (N-methyl/N-ethyl adjacent to an activating group) is 1. The van der Waals surface area contributed by atoms with Crippen LogP contribution in [-0.4, -0.2) is 62.5 Å². The molecule has 0 aromatic carbocycles. The van der Waals surface area contributed by atoms with Crippen molar-refractivity contribution < 1.29 is 4.79 Å². The quantitative estimate of drug-likeness (QED) is 0.696. The summed E-state index contributed by atoms with van der Waals surface area (Å²) in [5.74, 6) is 0.264. The minimum Gasteiger partial charge on any atom is -0.342 e. The number of likely N-dealkylation sites (tertiary alicyclic amines) is 1. The maximum atomic E-state index is 11.8. The molecule has 0 aromatic heterocycles. The summed E-state index contributed by atoms with van der Waals surface area (Å²) in [6.45, 7) is 4.26. The Hall–Kier alpha value is -0.610. The molecule has 1 aliphatic rings. The Labute approximate surface area is 99.0 Å². The van der Waals surface area contributed by atoms with Crippen LogP contribution in [0.4, 0.5) is 0 Å². The van der Waals surface area contributed by atoms with Gasteiger partial charge in [0.2, 0.25) is 5.91 Å². The van der Waals surface area contributed by atoms with Crippen LogP contribution in [0.2, 0.25) is 0 Å². The first-order valence-corrected chi connectivity index (χ1v) is 6.33. The van der Waals surface area contributed by atoms with E-state index < -0.39 is 0 Å². The first kappa shape index (κ1) is 13.5. The number of hydrogen-bond donors (Lipinski definition) is 1. The first-order chi connectivity index (χ1) is 7.70. The average Bonchev–Trinajstić information content (AvgIpc) is 2.52. The maximum absolute atomic E-state index is 11.8. The molecule has 0 radical (unpaired) electrons. The van der Waals surface area contributed by atoms with Gasteiger partial charge in [-0.05, 0) is 26.9 Å². The van der Waals surface area contributed by atoms with Gasteiger partial charge in [-0.1, -0.05) is 12.8 Å². The molecule has 0 unspecified atom stereocenters. The molecule has 0 aliphatic carbocycles. The third kappa shape index (κ3) is 5.47. The summed E-state index contributed by atoms with van der Waals surface area (Å²) < 4.78 is 0. The zero-order valence-corrected chi connectivity index (χ0v) is 10.7. The monoisotopic (exact) mass is 227 g/mol. The van der Waals surface area contributed by atoms with Gasteiger partial charge in [0, 0.05) is 26.2 Å². The Kier molecular flexibility index (Phi) is 6.42. The number of nitrogens with one attached hydrogen (secondary N) is 1. The molecular weight excluding hydrogens is 202 g/mol. The molecule has 1 fully saturated rings. The lowest BCUT2D eigenvalue weighted by molar-refractivity contribution is -0.130. The molecule has 0 atom stereocenters. The van der Waals surface area contributed by atoms with E-state index in [1.54, 1.807) is 0 Å². The zero-order chi connectivity index (χ0) is 11.8. The van der Waals surface area contributed by atoms with E-state index in [2.05, 4.69) is 10.2 Å². The van der Waals surface area contributed by atoms with E-state index in [0.29, 0.717) is 6.54 Å². The molecule has 0 aromatic rings. The third-order valence-electron chi connectivity index (χ3n) is 2.97. The van der Waals surface area contributed by atoms with Gasteiger partial charge in [-0.25, -0.2) is 0 Å². The SMILES string of the molecule is CN(C)CCNCC(=O)N1CCCCCC1. The highest BCUT2D eigenvalue weighted by atomic mass is 16.2. The fourth-order valence-corrected chi connectivity index (χ4v) is 1.93. The van der Waals surface area contributed by atoms with Gasteiger partial charge in [0.25, 0.3) is 0 Å².